The molecule has 0 bridgehead atoms. The Bertz CT molecular complexity index is 3920. The number of anilines is 2. The van der Waals surface area contributed by atoms with Gasteiger partial charge in [-0.05, 0) is 147 Å². The van der Waals surface area contributed by atoms with Gasteiger partial charge in [0.15, 0.2) is 0 Å². The third-order valence-corrected chi connectivity index (χ3v) is 22.5. The maximum Gasteiger partial charge on any atom is 0.501 e. The Morgan fingerprint density at radius 2 is 1.43 bits per heavy atom. The molecule has 5 aromatic rings. The number of nitrogens with zero attached hydrogens (tertiary/aromatic N) is 5. The summed E-state index contributed by atoms with van der Waals surface area (Å²) in [6.45, 7) is 13.2. The lowest BCUT2D eigenvalue weighted by molar-refractivity contribution is -0.136. The number of hydrogen-bond acceptors (Lipinski definition) is 15. The predicted molar refractivity (Wildman–Crippen MR) is 360 cm³/mol. The number of carbonyl (C=O) groups is 5. The zero-order chi connectivity index (χ0) is 66.8. The molecular formula is C70H80ClF3N8O9S3. The van der Waals surface area contributed by atoms with Crippen LogP contribution in [0.1, 0.15) is 140 Å². The summed E-state index contributed by atoms with van der Waals surface area (Å²) in [6, 6.07) is 29.6. The number of rotatable bonds is 25. The van der Waals surface area contributed by atoms with Gasteiger partial charge in [0.1, 0.15) is 10.9 Å². The van der Waals surface area contributed by atoms with Crippen LogP contribution in [0.4, 0.5) is 24.5 Å². The van der Waals surface area contributed by atoms with Gasteiger partial charge in [0, 0.05) is 117 Å². The van der Waals surface area contributed by atoms with Crippen molar-refractivity contribution in [3.8, 4) is 11.8 Å². The first-order valence-corrected chi connectivity index (χ1v) is 36.6. The Hall–Kier alpha value is -7.04. The van der Waals surface area contributed by atoms with E-state index in [1.165, 1.54) is 40.6 Å². The molecule has 5 amide bonds. The minimum Gasteiger partial charge on any atom is -0.380 e. The SMILES string of the molecule is CC1(C)CCC(c2ccc(Cl)cc2)=C(CN2CCN(c3ccc(C(=O)NS(=O)(=O)c4ccc(N[C@H](CCN5CCN(CCCCCCCCC#Cc6cccc7c6C(=O)N(C6CCC(=O)NC6=O)C7=O)CC5)CSc5ccccc5)c(S(=O)(=O)C(F)(F)F)c4)cc3)CC2)C1. The van der Waals surface area contributed by atoms with Crippen LogP contribution in [-0.4, -0.2) is 161 Å². The minimum atomic E-state index is -6.12. The first kappa shape index (κ1) is 69.8. The number of sulfone groups is 1. The van der Waals surface area contributed by atoms with Gasteiger partial charge in [0.25, 0.3) is 37.6 Å². The zero-order valence-corrected chi connectivity index (χ0v) is 56.2. The first-order chi connectivity index (χ1) is 44.9. The maximum absolute atomic E-state index is 14.5. The number of halogens is 4. The second kappa shape index (κ2) is 30.8. The van der Waals surface area contributed by atoms with Crippen LogP contribution in [0, 0.1) is 17.3 Å². The van der Waals surface area contributed by atoms with Crippen molar-refractivity contribution in [2.75, 3.05) is 88.0 Å². The molecule has 4 aliphatic heterocycles. The molecule has 10 rings (SSSR count). The van der Waals surface area contributed by atoms with E-state index in [0.717, 1.165) is 151 Å². The van der Waals surface area contributed by atoms with Crippen LogP contribution in [0.5, 0.6) is 0 Å². The quantitative estimate of drug-likeness (QED) is 0.0215. The van der Waals surface area contributed by atoms with Gasteiger partial charge in [0.2, 0.25) is 11.8 Å². The van der Waals surface area contributed by atoms with Gasteiger partial charge in [-0.1, -0.05) is 105 Å². The van der Waals surface area contributed by atoms with Gasteiger partial charge < -0.3 is 20.0 Å². The largest absolute Gasteiger partial charge is 0.501 e. The molecule has 5 aliphatic rings. The Morgan fingerprint density at radius 3 is 2.12 bits per heavy atom. The Morgan fingerprint density at radius 1 is 0.755 bits per heavy atom. The summed E-state index contributed by atoms with van der Waals surface area (Å²) >= 11 is 7.67. The molecule has 1 unspecified atom stereocenters. The van der Waals surface area contributed by atoms with E-state index in [2.05, 4.69) is 68.1 Å². The molecule has 3 saturated heterocycles. The Balaban J connectivity index is 0.686. The average Bonchev–Trinajstić information content (AvgIpc) is 1.46. The lowest BCUT2D eigenvalue weighted by Gasteiger charge is -2.39. The fourth-order valence-electron chi connectivity index (χ4n) is 12.9. The average molecular weight is 1370 g/mol. The lowest BCUT2D eigenvalue weighted by atomic mass is 9.73. The second-order valence-electron chi connectivity index (χ2n) is 25.6. The van der Waals surface area contributed by atoms with E-state index in [0.29, 0.717) is 41.8 Å². The maximum atomic E-state index is 14.5. The monoisotopic (exact) mass is 1360 g/mol. The summed E-state index contributed by atoms with van der Waals surface area (Å²) in [7, 11) is -11.0. The molecule has 4 heterocycles. The van der Waals surface area contributed by atoms with Gasteiger partial charge in [-0.15, -0.1) is 11.8 Å². The molecule has 0 spiro atoms. The van der Waals surface area contributed by atoms with Crippen molar-refractivity contribution in [2.24, 2.45) is 5.41 Å². The van der Waals surface area contributed by atoms with Crippen molar-refractivity contribution in [1.29, 1.82) is 0 Å². The van der Waals surface area contributed by atoms with Gasteiger partial charge in [-0.2, -0.15) is 13.2 Å². The number of hydrogen-bond donors (Lipinski definition) is 3. The number of thioether (sulfide) groups is 1. The molecular weight excluding hydrogens is 1290 g/mol. The number of carbonyl (C=O) groups excluding carboxylic acids is 5. The molecule has 24 heteroatoms. The topological polar surface area (TPSA) is 206 Å². The highest BCUT2D eigenvalue weighted by atomic mass is 35.5. The van der Waals surface area contributed by atoms with Gasteiger partial charge in [-0.25, -0.2) is 21.6 Å². The van der Waals surface area contributed by atoms with Gasteiger partial charge >= 0.3 is 5.51 Å². The molecule has 0 saturated carbocycles. The number of alkyl halides is 3. The first-order valence-electron chi connectivity index (χ1n) is 32.2. The summed E-state index contributed by atoms with van der Waals surface area (Å²) in [5, 5.41) is 5.98. The molecule has 94 heavy (non-hydrogen) atoms. The molecule has 1 aliphatic carbocycles. The van der Waals surface area contributed by atoms with E-state index in [1.807, 2.05) is 47.2 Å². The molecule has 0 aromatic heterocycles. The van der Waals surface area contributed by atoms with Crippen LogP contribution in [0.3, 0.4) is 0 Å². The van der Waals surface area contributed by atoms with Crippen molar-refractivity contribution < 1.29 is 54.0 Å². The normalized spacial score (nSPS) is 18.8. The van der Waals surface area contributed by atoms with E-state index >= 15 is 0 Å². The van der Waals surface area contributed by atoms with Crippen molar-refractivity contribution in [2.45, 2.75) is 130 Å². The van der Waals surface area contributed by atoms with Crippen LogP contribution in [0.15, 0.2) is 136 Å². The Kier molecular flexibility index (Phi) is 22.9. The summed E-state index contributed by atoms with van der Waals surface area (Å²) in [4.78, 5) is 73.4. The number of benzene rings is 5. The number of nitrogens with one attached hydrogen (secondary N) is 3. The molecule has 5 aromatic carbocycles. The third-order valence-electron chi connectivity index (χ3n) is 18.3. The van der Waals surface area contributed by atoms with Crippen molar-refractivity contribution in [3.05, 3.63) is 154 Å². The molecule has 3 N–H and O–H groups in total. The van der Waals surface area contributed by atoms with Gasteiger partial charge in [-0.3, -0.25) is 39.1 Å². The predicted octanol–water partition coefficient (Wildman–Crippen LogP) is 11.3. The molecule has 2 atom stereocenters. The van der Waals surface area contributed by atoms with Gasteiger partial charge in [0.05, 0.1) is 21.7 Å². The number of amides is 5. The van der Waals surface area contributed by atoms with E-state index in [-0.39, 0.29) is 34.9 Å². The summed E-state index contributed by atoms with van der Waals surface area (Å²) < 4.78 is 99.9. The molecule has 3 fully saturated rings. The Labute approximate surface area is 558 Å². The smallest absolute Gasteiger partial charge is 0.380 e. The number of piperidine rings is 1. The van der Waals surface area contributed by atoms with E-state index in [9.17, 15) is 54.0 Å². The number of sulfonamides is 1. The molecule has 0 radical (unpaired) electrons. The zero-order valence-electron chi connectivity index (χ0n) is 52.9. The second-order valence-corrected chi connectivity index (χ2v) is 30.7. The van der Waals surface area contributed by atoms with Crippen LogP contribution in [0.25, 0.3) is 5.57 Å². The number of allylic oxidation sites excluding steroid dienone is 1. The summed E-state index contributed by atoms with van der Waals surface area (Å²) in [5.74, 6) is 3.27. The van der Waals surface area contributed by atoms with Crippen LogP contribution in [0.2, 0.25) is 5.02 Å². The summed E-state index contributed by atoms with van der Waals surface area (Å²) in [6.07, 6.45) is 10.3. The highest BCUT2D eigenvalue weighted by molar-refractivity contribution is 7.99. The fourth-order valence-corrected chi connectivity index (χ4v) is 16.1. The van der Waals surface area contributed by atoms with Crippen LogP contribution >= 0.6 is 23.4 Å². The molecule has 500 valence electrons. The lowest BCUT2D eigenvalue weighted by Crippen LogP contribution is -2.54. The number of fused-ring (bicyclic) bond motifs is 1. The van der Waals surface area contributed by atoms with E-state index in [1.54, 1.807) is 30.3 Å². The number of unbranched alkanes of at least 4 members (excludes halogenated alkanes) is 6. The number of piperazine rings is 2. The highest BCUT2D eigenvalue weighted by Crippen LogP contribution is 2.43. The van der Waals surface area contributed by atoms with Crippen molar-refractivity contribution >= 4 is 89.7 Å². The number of imide groups is 2. The standard InChI is InChI=1S/C70H80ClF3N8O9S3/c1-69(2)34-32-58(49-20-24-53(71)25-21-49)52(46-69)47-80-41-43-81(44-42-80)55-26-22-51(23-27-55)65(84)77-94(90,91)57-28-29-60(62(45-57)93(88,89)70(72,73)74)75-54(48-92-56-17-11-9-12-18-56)33-36-79-39-37-78(38-40-79)35-13-8-6-4-3-5-7-10-15-50-16-14-19-59-64(50)68(87)82(67(59)86)61-30-31-63(83)76-66(61)85/h9,11-12,14,16-29,45,54,61,75H,3-8,13,30-44,46-48H2,1-2H3,(H,77,84)(H,76,83,85)/t54-,61?/m1/s1. The fraction of sp³-hybridized carbons (Fsp3) is 0.443. The van der Waals surface area contributed by atoms with Crippen LogP contribution < -0.4 is 20.3 Å². The highest BCUT2D eigenvalue weighted by Gasteiger charge is 2.49. The van der Waals surface area contributed by atoms with E-state index in [4.69, 9.17) is 11.6 Å². The molecule has 17 nitrogen and oxygen atoms in total. The van der Waals surface area contributed by atoms with Crippen LogP contribution in [-0.2, 0) is 29.4 Å². The third kappa shape index (κ3) is 17.5. The van der Waals surface area contributed by atoms with Crippen molar-refractivity contribution in [3.63, 3.8) is 0 Å². The summed E-state index contributed by atoms with van der Waals surface area (Å²) in [5.41, 5.74) is -0.331. The minimum absolute atomic E-state index is 0.0177. The van der Waals surface area contributed by atoms with Crippen molar-refractivity contribution in [1.82, 2.24) is 29.6 Å². The van der Waals surface area contributed by atoms with E-state index < -0.39 is 82.5 Å².